The van der Waals surface area contributed by atoms with Crippen molar-refractivity contribution in [3.05, 3.63) is 29.0 Å². The van der Waals surface area contributed by atoms with Gasteiger partial charge >= 0.3 is 0 Å². The lowest BCUT2D eigenvalue weighted by atomic mass is 10.0. The number of benzene rings is 1. The quantitative estimate of drug-likeness (QED) is 0.791. The summed E-state index contributed by atoms with van der Waals surface area (Å²) in [6.07, 6.45) is 1.14. The number of nitrogens with zero attached hydrogens (tertiary/aromatic N) is 1. The van der Waals surface area contributed by atoms with Crippen LogP contribution in [0.25, 0.3) is 10.9 Å². The molecule has 0 amide bonds. The van der Waals surface area contributed by atoms with Crippen molar-refractivity contribution in [3.63, 3.8) is 0 Å². The van der Waals surface area contributed by atoms with E-state index < -0.39 is 0 Å². The third-order valence-electron chi connectivity index (χ3n) is 3.90. The lowest BCUT2D eigenvalue weighted by Crippen LogP contribution is -2.25. The standard InChI is InChI=1S/C14H16N2O.ClH/c1-9-6-10-11-8-15-3-2-12(11)16-4-5-17-13(7-9)14(10)16;/h6-7,15H,2-5,8H2,1H3;1H. The zero-order valence-corrected chi connectivity index (χ0v) is 11.3. The van der Waals surface area contributed by atoms with Gasteiger partial charge in [-0.25, -0.2) is 0 Å². The number of rotatable bonds is 0. The Labute approximate surface area is 113 Å². The van der Waals surface area contributed by atoms with Gasteiger partial charge in [-0.05, 0) is 30.2 Å². The van der Waals surface area contributed by atoms with Crippen molar-refractivity contribution in [2.24, 2.45) is 0 Å². The van der Waals surface area contributed by atoms with E-state index in [1.54, 1.807) is 0 Å². The fourth-order valence-corrected chi connectivity index (χ4v) is 3.21. The molecule has 0 saturated carbocycles. The molecule has 4 rings (SSSR count). The highest BCUT2D eigenvalue weighted by Gasteiger charge is 2.24. The molecule has 0 aliphatic carbocycles. The van der Waals surface area contributed by atoms with Crippen LogP contribution in [0.2, 0.25) is 0 Å². The molecule has 0 atom stereocenters. The van der Waals surface area contributed by atoms with Crippen molar-refractivity contribution >= 4 is 23.3 Å². The molecule has 0 saturated heterocycles. The molecular formula is C14H17ClN2O. The van der Waals surface area contributed by atoms with E-state index in [4.69, 9.17) is 4.74 Å². The monoisotopic (exact) mass is 264 g/mol. The fraction of sp³-hybridized carbons (Fsp3) is 0.429. The summed E-state index contributed by atoms with van der Waals surface area (Å²) in [6, 6.07) is 4.46. The van der Waals surface area contributed by atoms with Gasteiger partial charge in [0.2, 0.25) is 0 Å². The van der Waals surface area contributed by atoms with Gasteiger partial charge in [-0.15, -0.1) is 12.4 Å². The molecule has 1 aromatic carbocycles. The molecule has 2 aliphatic heterocycles. The third kappa shape index (κ3) is 1.47. The van der Waals surface area contributed by atoms with Crippen LogP contribution in [0.15, 0.2) is 12.1 Å². The summed E-state index contributed by atoms with van der Waals surface area (Å²) < 4.78 is 8.29. The molecule has 3 nitrogen and oxygen atoms in total. The maximum absolute atomic E-state index is 5.81. The second kappa shape index (κ2) is 4.18. The summed E-state index contributed by atoms with van der Waals surface area (Å²) in [6.45, 7) is 6.05. The molecule has 0 unspecified atom stereocenters. The molecule has 3 heterocycles. The van der Waals surface area contributed by atoms with Gasteiger partial charge in [0.05, 0.1) is 12.1 Å². The number of fused-ring (bicyclic) bond motifs is 3. The van der Waals surface area contributed by atoms with E-state index in [1.807, 2.05) is 0 Å². The van der Waals surface area contributed by atoms with E-state index in [9.17, 15) is 0 Å². The number of hydrogen-bond acceptors (Lipinski definition) is 2. The smallest absolute Gasteiger partial charge is 0.143 e. The number of halogens is 1. The summed E-state index contributed by atoms with van der Waals surface area (Å²) in [7, 11) is 0. The minimum absolute atomic E-state index is 0. The zero-order chi connectivity index (χ0) is 11.4. The summed E-state index contributed by atoms with van der Waals surface area (Å²) in [5.74, 6) is 1.07. The first-order valence-corrected chi connectivity index (χ1v) is 6.33. The Morgan fingerprint density at radius 2 is 2.22 bits per heavy atom. The summed E-state index contributed by atoms with van der Waals surface area (Å²) in [4.78, 5) is 0. The van der Waals surface area contributed by atoms with E-state index in [1.165, 1.54) is 27.7 Å². The van der Waals surface area contributed by atoms with E-state index >= 15 is 0 Å². The molecule has 1 N–H and O–H groups in total. The molecule has 2 aliphatic rings. The van der Waals surface area contributed by atoms with Gasteiger partial charge in [0.25, 0.3) is 0 Å². The predicted molar refractivity (Wildman–Crippen MR) is 74.8 cm³/mol. The first-order valence-electron chi connectivity index (χ1n) is 6.33. The second-order valence-corrected chi connectivity index (χ2v) is 5.01. The van der Waals surface area contributed by atoms with Crippen molar-refractivity contribution in [3.8, 4) is 5.75 Å². The first kappa shape index (κ1) is 11.9. The highest BCUT2D eigenvalue weighted by atomic mass is 35.5. The molecular weight excluding hydrogens is 248 g/mol. The van der Waals surface area contributed by atoms with Crippen LogP contribution < -0.4 is 10.1 Å². The van der Waals surface area contributed by atoms with Crippen LogP contribution in [-0.4, -0.2) is 17.7 Å². The van der Waals surface area contributed by atoms with Crippen LogP contribution in [0, 0.1) is 6.92 Å². The van der Waals surface area contributed by atoms with Crippen LogP contribution in [0.3, 0.4) is 0 Å². The van der Waals surface area contributed by atoms with Gasteiger partial charge in [0.1, 0.15) is 12.4 Å². The van der Waals surface area contributed by atoms with Crippen LogP contribution in [0.5, 0.6) is 5.75 Å². The maximum Gasteiger partial charge on any atom is 0.143 e. The number of aryl methyl sites for hydroxylation is 1. The van der Waals surface area contributed by atoms with Gasteiger partial charge in [-0.2, -0.15) is 0 Å². The van der Waals surface area contributed by atoms with Crippen LogP contribution in [0.4, 0.5) is 0 Å². The Morgan fingerprint density at radius 3 is 3.11 bits per heavy atom. The molecule has 0 radical (unpaired) electrons. The van der Waals surface area contributed by atoms with Crippen LogP contribution >= 0.6 is 12.4 Å². The maximum atomic E-state index is 5.81. The Balaban J connectivity index is 0.000001000. The molecule has 0 spiro atoms. The van der Waals surface area contributed by atoms with Gasteiger partial charge in [0, 0.05) is 30.6 Å². The molecule has 18 heavy (non-hydrogen) atoms. The van der Waals surface area contributed by atoms with E-state index in [0.717, 1.165) is 38.4 Å². The van der Waals surface area contributed by atoms with Crippen molar-refractivity contribution in [1.82, 2.24) is 9.88 Å². The van der Waals surface area contributed by atoms with Crippen molar-refractivity contribution in [2.45, 2.75) is 26.4 Å². The van der Waals surface area contributed by atoms with Crippen molar-refractivity contribution in [2.75, 3.05) is 13.2 Å². The molecule has 96 valence electrons. The van der Waals surface area contributed by atoms with Gasteiger partial charge in [-0.1, -0.05) is 0 Å². The average Bonchev–Trinajstić information content (AvgIpc) is 2.67. The number of ether oxygens (including phenoxy) is 1. The summed E-state index contributed by atoms with van der Waals surface area (Å²) >= 11 is 0. The number of hydrogen-bond donors (Lipinski definition) is 1. The molecule has 0 bridgehead atoms. The summed E-state index contributed by atoms with van der Waals surface area (Å²) in [5.41, 5.74) is 5.62. The lowest BCUT2D eigenvalue weighted by Gasteiger charge is -2.20. The van der Waals surface area contributed by atoms with Crippen molar-refractivity contribution in [1.29, 1.82) is 0 Å². The highest BCUT2D eigenvalue weighted by molar-refractivity contribution is 5.91. The third-order valence-corrected chi connectivity index (χ3v) is 3.90. The van der Waals surface area contributed by atoms with Crippen molar-refractivity contribution < 1.29 is 4.74 Å². The number of aromatic nitrogens is 1. The van der Waals surface area contributed by atoms with E-state index in [-0.39, 0.29) is 12.4 Å². The Hall–Kier alpha value is -1.19. The second-order valence-electron chi connectivity index (χ2n) is 5.01. The minimum Gasteiger partial charge on any atom is -0.490 e. The van der Waals surface area contributed by atoms with Crippen LogP contribution in [0.1, 0.15) is 16.8 Å². The topological polar surface area (TPSA) is 26.2 Å². The molecule has 4 heteroatoms. The SMILES string of the molecule is Cc1cc2c3c(c1)c1c(n3CCO2)CCNC1.Cl. The Kier molecular flexibility index (Phi) is 2.76. The summed E-state index contributed by atoms with van der Waals surface area (Å²) in [5, 5.41) is 4.87. The largest absolute Gasteiger partial charge is 0.490 e. The Bertz CT molecular complexity index is 618. The average molecular weight is 265 g/mol. The van der Waals surface area contributed by atoms with Crippen LogP contribution in [-0.2, 0) is 19.5 Å². The molecule has 1 aromatic heterocycles. The van der Waals surface area contributed by atoms with Gasteiger partial charge < -0.3 is 14.6 Å². The van der Waals surface area contributed by atoms with E-state index in [0.29, 0.717) is 0 Å². The Morgan fingerprint density at radius 1 is 1.33 bits per heavy atom. The molecule has 2 aromatic rings. The normalized spacial score (nSPS) is 16.9. The first-order chi connectivity index (χ1) is 8.34. The highest BCUT2D eigenvalue weighted by Crippen LogP contribution is 2.37. The predicted octanol–water partition coefficient (Wildman–Crippen LogP) is 2.41. The van der Waals surface area contributed by atoms with E-state index in [2.05, 4.69) is 28.9 Å². The van der Waals surface area contributed by atoms with Gasteiger partial charge in [0.15, 0.2) is 0 Å². The fourth-order valence-electron chi connectivity index (χ4n) is 3.21. The minimum atomic E-state index is 0. The lowest BCUT2D eigenvalue weighted by molar-refractivity contribution is 0.284. The number of nitrogens with one attached hydrogen (secondary N) is 1. The van der Waals surface area contributed by atoms with Gasteiger partial charge in [-0.3, -0.25) is 0 Å². The zero-order valence-electron chi connectivity index (χ0n) is 10.5. The molecule has 0 fully saturated rings.